The molecule has 1 amide bonds. The summed E-state index contributed by atoms with van der Waals surface area (Å²) >= 11 is 0. The van der Waals surface area contributed by atoms with Gasteiger partial charge in [-0.1, -0.05) is 66.7 Å². The lowest BCUT2D eigenvalue weighted by atomic mass is 10.1. The van der Waals surface area contributed by atoms with Crippen LogP contribution in [0, 0.1) is 13.8 Å². The van der Waals surface area contributed by atoms with Crippen LogP contribution in [-0.4, -0.2) is 20.9 Å². The number of fused-ring (bicyclic) bond motifs is 1. The molecule has 0 fully saturated rings. The number of hydrogen-bond acceptors (Lipinski definition) is 3. The van der Waals surface area contributed by atoms with Crippen molar-refractivity contribution in [3.63, 3.8) is 0 Å². The van der Waals surface area contributed by atoms with E-state index >= 15 is 0 Å². The van der Waals surface area contributed by atoms with Gasteiger partial charge in [-0.3, -0.25) is 9.10 Å². The molecule has 0 radical (unpaired) electrons. The average Bonchev–Trinajstić information content (AvgIpc) is 2.83. The first-order chi connectivity index (χ1) is 15.8. The summed E-state index contributed by atoms with van der Waals surface area (Å²) in [5.74, 6) is -0.372. The number of nitrogens with one attached hydrogen (secondary N) is 1. The van der Waals surface area contributed by atoms with E-state index in [1.165, 1.54) is 4.31 Å². The Morgan fingerprint density at radius 3 is 2.27 bits per heavy atom. The number of nitrogens with zero attached hydrogens (tertiary/aromatic N) is 1. The van der Waals surface area contributed by atoms with Gasteiger partial charge in [0.15, 0.2) is 0 Å². The van der Waals surface area contributed by atoms with Gasteiger partial charge in [0.05, 0.1) is 10.6 Å². The van der Waals surface area contributed by atoms with E-state index in [1.54, 1.807) is 36.4 Å². The van der Waals surface area contributed by atoms with Crippen molar-refractivity contribution in [1.82, 2.24) is 5.32 Å². The van der Waals surface area contributed by atoms with Gasteiger partial charge in [0.1, 0.15) is 6.54 Å². The molecule has 0 spiro atoms. The first kappa shape index (κ1) is 22.6. The predicted molar refractivity (Wildman–Crippen MR) is 133 cm³/mol. The smallest absolute Gasteiger partial charge is 0.264 e. The standard InChI is InChI=1S/C27H26N2O3S/c1-20-12-13-21(2)26(16-20)29(33(31,32)25-10-4-3-5-11-25)19-27(30)28-18-22-14-15-23-8-6-7-9-24(23)17-22/h3-17H,18-19H2,1-2H3,(H,28,30). The number of hydrogen-bond donors (Lipinski definition) is 1. The Labute approximate surface area is 194 Å². The number of carbonyl (C=O) groups excluding carboxylic acids is 1. The van der Waals surface area contributed by atoms with Gasteiger partial charge in [-0.25, -0.2) is 8.42 Å². The molecule has 0 heterocycles. The van der Waals surface area contributed by atoms with E-state index in [2.05, 4.69) is 5.32 Å². The minimum atomic E-state index is -3.93. The number of sulfonamides is 1. The van der Waals surface area contributed by atoms with Crippen LogP contribution in [-0.2, 0) is 21.4 Å². The van der Waals surface area contributed by atoms with Gasteiger partial charge in [-0.2, -0.15) is 0 Å². The second-order valence-electron chi connectivity index (χ2n) is 8.07. The summed E-state index contributed by atoms with van der Waals surface area (Å²) in [5, 5.41) is 5.09. The maximum absolute atomic E-state index is 13.5. The zero-order valence-electron chi connectivity index (χ0n) is 18.7. The van der Waals surface area contributed by atoms with E-state index in [9.17, 15) is 13.2 Å². The van der Waals surface area contributed by atoms with Crippen molar-refractivity contribution in [3.05, 3.63) is 108 Å². The second kappa shape index (κ2) is 9.46. The highest BCUT2D eigenvalue weighted by Gasteiger charge is 2.28. The van der Waals surface area contributed by atoms with Gasteiger partial charge >= 0.3 is 0 Å². The molecule has 0 atom stereocenters. The lowest BCUT2D eigenvalue weighted by molar-refractivity contribution is -0.119. The van der Waals surface area contributed by atoms with E-state index in [-0.39, 0.29) is 17.3 Å². The Kier molecular flexibility index (Phi) is 6.47. The van der Waals surface area contributed by atoms with E-state index in [4.69, 9.17) is 0 Å². The third-order valence-electron chi connectivity index (χ3n) is 5.56. The van der Waals surface area contributed by atoms with Crippen LogP contribution in [0.3, 0.4) is 0 Å². The fraction of sp³-hybridized carbons (Fsp3) is 0.148. The molecule has 0 aliphatic rings. The van der Waals surface area contributed by atoms with E-state index in [1.807, 2.05) is 68.4 Å². The van der Waals surface area contributed by atoms with Crippen molar-refractivity contribution in [1.29, 1.82) is 0 Å². The van der Waals surface area contributed by atoms with Crippen molar-refractivity contribution >= 4 is 32.4 Å². The topological polar surface area (TPSA) is 66.5 Å². The number of anilines is 1. The van der Waals surface area contributed by atoms with Gasteiger partial charge in [0.25, 0.3) is 10.0 Å². The minimum Gasteiger partial charge on any atom is -0.350 e. The average molecular weight is 459 g/mol. The predicted octanol–water partition coefficient (Wildman–Crippen LogP) is 4.97. The summed E-state index contributed by atoms with van der Waals surface area (Å²) in [6.07, 6.45) is 0. The summed E-state index contributed by atoms with van der Waals surface area (Å²) in [6.45, 7) is 3.75. The molecular formula is C27H26N2O3S. The number of benzene rings is 4. The molecule has 0 bridgehead atoms. The Bertz CT molecular complexity index is 1400. The van der Waals surface area contributed by atoms with Crippen LogP contribution in [0.25, 0.3) is 10.8 Å². The van der Waals surface area contributed by atoms with Gasteiger partial charge in [-0.05, 0) is 65.6 Å². The third-order valence-corrected chi connectivity index (χ3v) is 7.33. The zero-order valence-corrected chi connectivity index (χ0v) is 19.5. The van der Waals surface area contributed by atoms with Crippen LogP contribution in [0.1, 0.15) is 16.7 Å². The van der Waals surface area contributed by atoms with Crippen LogP contribution in [0.2, 0.25) is 0 Å². The monoisotopic (exact) mass is 458 g/mol. The summed E-state index contributed by atoms with van der Waals surface area (Å²) in [6, 6.07) is 27.8. The second-order valence-corrected chi connectivity index (χ2v) is 9.94. The molecule has 0 saturated carbocycles. The summed E-state index contributed by atoms with van der Waals surface area (Å²) in [4.78, 5) is 13.1. The molecule has 1 N–H and O–H groups in total. The SMILES string of the molecule is Cc1ccc(C)c(N(CC(=O)NCc2ccc3ccccc3c2)S(=O)(=O)c2ccccc2)c1. The van der Waals surface area contributed by atoms with Crippen molar-refractivity contribution in [2.45, 2.75) is 25.3 Å². The molecule has 168 valence electrons. The fourth-order valence-electron chi connectivity index (χ4n) is 3.74. The lowest BCUT2D eigenvalue weighted by Crippen LogP contribution is -2.41. The highest BCUT2D eigenvalue weighted by Crippen LogP contribution is 2.27. The molecule has 5 nitrogen and oxygen atoms in total. The Morgan fingerprint density at radius 1 is 0.818 bits per heavy atom. The fourth-order valence-corrected chi connectivity index (χ4v) is 5.24. The zero-order chi connectivity index (χ0) is 23.4. The molecule has 0 aliphatic heterocycles. The summed E-state index contributed by atoms with van der Waals surface area (Å²) < 4.78 is 28.2. The van der Waals surface area contributed by atoms with Crippen molar-refractivity contribution in [3.8, 4) is 0 Å². The Morgan fingerprint density at radius 2 is 1.52 bits per heavy atom. The van der Waals surface area contributed by atoms with Gasteiger partial charge in [0, 0.05) is 6.54 Å². The van der Waals surface area contributed by atoms with Crippen LogP contribution in [0.15, 0.2) is 95.9 Å². The first-order valence-corrected chi connectivity index (χ1v) is 12.2. The van der Waals surface area contributed by atoms with Crippen LogP contribution in [0.5, 0.6) is 0 Å². The summed E-state index contributed by atoms with van der Waals surface area (Å²) in [5.41, 5.74) is 3.15. The molecule has 6 heteroatoms. The van der Waals surface area contributed by atoms with Crippen molar-refractivity contribution in [2.24, 2.45) is 0 Å². The van der Waals surface area contributed by atoms with Gasteiger partial charge < -0.3 is 5.32 Å². The normalized spacial score (nSPS) is 11.3. The maximum Gasteiger partial charge on any atom is 0.264 e. The van der Waals surface area contributed by atoms with E-state index in [0.717, 1.165) is 27.5 Å². The first-order valence-electron chi connectivity index (χ1n) is 10.7. The van der Waals surface area contributed by atoms with Crippen LogP contribution in [0.4, 0.5) is 5.69 Å². The largest absolute Gasteiger partial charge is 0.350 e. The number of amides is 1. The highest BCUT2D eigenvalue weighted by atomic mass is 32.2. The number of aryl methyl sites for hydroxylation is 2. The maximum atomic E-state index is 13.5. The molecule has 33 heavy (non-hydrogen) atoms. The van der Waals surface area contributed by atoms with Crippen molar-refractivity contribution in [2.75, 3.05) is 10.8 Å². The molecule has 0 saturated heterocycles. The van der Waals surface area contributed by atoms with Gasteiger partial charge in [0.2, 0.25) is 5.91 Å². The van der Waals surface area contributed by atoms with Crippen LogP contribution < -0.4 is 9.62 Å². The van der Waals surface area contributed by atoms with E-state index < -0.39 is 10.0 Å². The Hall–Kier alpha value is -3.64. The lowest BCUT2D eigenvalue weighted by Gasteiger charge is -2.26. The highest BCUT2D eigenvalue weighted by molar-refractivity contribution is 7.92. The molecule has 0 aliphatic carbocycles. The summed E-state index contributed by atoms with van der Waals surface area (Å²) in [7, 11) is -3.93. The molecular weight excluding hydrogens is 432 g/mol. The van der Waals surface area contributed by atoms with Crippen LogP contribution >= 0.6 is 0 Å². The molecule has 0 unspecified atom stereocenters. The number of rotatable bonds is 7. The minimum absolute atomic E-state index is 0.147. The quantitative estimate of drug-likeness (QED) is 0.425. The third kappa shape index (κ3) is 5.07. The van der Waals surface area contributed by atoms with Gasteiger partial charge in [-0.15, -0.1) is 0 Å². The molecule has 4 rings (SSSR count). The van der Waals surface area contributed by atoms with Crippen molar-refractivity contribution < 1.29 is 13.2 Å². The number of carbonyl (C=O) groups is 1. The molecule has 0 aromatic heterocycles. The Balaban J connectivity index is 1.59. The molecule has 4 aromatic carbocycles. The van der Waals surface area contributed by atoms with E-state index in [0.29, 0.717) is 12.2 Å². The molecule has 4 aromatic rings.